The van der Waals surface area contributed by atoms with Crippen LogP contribution >= 0.6 is 0 Å². The second kappa shape index (κ2) is 6.41. The monoisotopic (exact) mass is 292 g/mol. The van der Waals surface area contributed by atoms with E-state index >= 15 is 0 Å². The van der Waals surface area contributed by atoms with E-state index in [2.05, 4.69) is 5.32 Å². The second-order valence-electron chi connectivity index (χ2n) is 4.65. The van der Waals surface area contributed by atoms with Crippen LogP contribution in [0.3, 0.4) is 0 Å². The predicted molar refractivity (Wildman–Crippen MR) is 74.7 cm³/mol. The zero-order chi connectivity index (χ0) is 15.4. The van der Waals surface area contributed by atoms with E-state index in [1.54, 1.807) is 25.1 Å². The van der Waals surface area contributed by atoms with Gasteiger partial charge in [0.2, 0.25) is 0 Å². The van der Waals surface area contributed by atoms with Crippen LogP contribution in [-0.2, 0) is 6.54 Å². The molecule has 110 valence electrons. The lowest BCUT2D eigenvalue weighted by Gasteiger charge is -2.15. The summed E-state index contributed by atoms with van der Waals surface area (Å²) < 4.78 is 26.8. The van der Waals surface area contributed by atoms with Gasteiger partial charge in [0.25, 0.3) is 5.69 Å². The summed E-state index contributed by atoms with van der Waals surface area (Å²) in [6, 6.07) is 9.06. The molecule has 0 heterocycles. The van der Waals surface area contributed by atoms with E-state index in [0.717, 1.165) is 18.2 Å². The van der Waals surface area contributed by atoms with Crippen LogP contribution in [0.25, 0.3) is 0 Å². The highest BCUT2D eigenvalue weighted by Gasteiger charge is 2.15. The van der Waals surface area contributed by atoms with Crippen molar-refractivity contribution in [2.24, 2.45) is 0 Å². The molecule has 0 fully saturated rings. The lowest BCUT2D eigenvalue weighted by atomic mass is 10.1. The molecular formula is C15H14F2N2O2. The molecule has 0 saturated heterocycles. The fraction of sp³-hybridized carbons (Fsp3) is 0.200. The Balaban J connectivity index is 2.13. The molecule has 1 atom stereocenters. The molecule has 0 bridgehead atoms. The minimum absolute atomic E-state index is 0.00286. The highest BCUT2D eigenvalue weighted by molar-refractivity contribution is 5.39. The number of para-hydroxylation sites is 1. The maximum Gasteiger partial charge on any atom is 0.273 e. The number of halogens is 2. The first-order chi connectivity index (χ1) is 9.99. The zero-order valence-corrected chi connectivity index (χ0v) is 11.3. The van der Waals surface area contributed by atoms with Crippen LogP contribution < -0.4 is 5.32 Å². The lowest BCUT2D eigenvalue weighted by molar-refractivity contribution is -0.385. The summed E-state index contributed by atoms with van der Waals surface area (Å²) in [6.07, 6.45) is 0. The van der Waals surface area contributed by atoms with E-state index in [1.807, 2.05) is 0 Å². The SMILES string of the molecule is CC(NCc1ccccc1[N+](=O)[O-])c1cc(F)ccc1F. The van der Waals surface area contributed by atoms with Crippen molar-refractivity contribution in [1.82, 2.24) is 5.32 Å². The average molecular weight is 292 g/mol. The van der Waals surface area contributed by atoms with Gasteiger partial charge in [-0.1, -0.05) is 18.2 Å². The van der Waals surface area contributed by atoms with Gasteiger partial charge in [-0.05, 0) is 25.1 Å². The Kier molecular flexibility index (Phi) is 4.59. The third kappa shape index (κ3) is 3.61. The maximum absolute atomic E-state index is 13.6. The molecule has 0 amide bonds. The number of nitrogens with zero attached hydrogens (tertiary/aromatic N) is 1. The smallest absolute Gasteiger partial charge is 0.273 e. The summed E-state index contributed by atoms with van der Waals surface area (Å²) in [7, 11) is 0. The third-order valence-corrected chi connectivity index (χ3v) is 3.21. The Morgan fingerprint density at radius 2 is 1.95 bits per heavy atom. The van der Waals surface area contributed by atoms with Crippen molar-refractivity contribution in [3.05, 3.63) is 75.3 Å². The molecule has 6 heteroatoms. The summed E-state index contributed by atoms with van der Waals surface area (Å²) >= 11 is 0. The molecular weight excluding hydrogens is 278 g/mol. The van der Waals surface area contributed by atoms with Crippen molar-refractivity contribution in [3.63, 3.8) is 0 Å². The number of nitro benzene ring substituents is 1. The first-order valence-electron chi connectivity index (χ1n) is 6.39. The van der Waals surface area contributed by atoms with Crippen molar-refractivity contribution in [2.75, 3.05) is 0 Å². The molecule has 0 radical (unpaired) electrons. The molecule has 21 heavy (non-hydrogen) atoms. The van der Waals surface area contributed by atoms with Gasteiger partial charge in [0.05, 0.1) is 4.92 Å². The average Bonchev–Trinajstić information content (AvgIpc) is 2.47. The molecule has 0 spiro atoms. The number of hydrogen-bond donors (Lipinski definition) is 1. The van der Waals surface area contributed by atoms with Crippen LogP contribution in [0, 0.1) is 21.7 Å². The van der Waals surface area contributed by atoms with Crippen LogP contribution in [0.15, 0.2) is 42.5 Å². The number of nitro groups is 1. The van der Waals surface area contributed by atoms with Gasteiger partial charge in [-0.25, -0.2) is 8.78 Å². The van der Waals surface area contributed by atoms with E-state index in [-0.39, 0.29) is 17.8 Å². The number of nitrogens with one attached hydrogen (secondary N) is 1. The largest absolute Gasteiger partial charge is 0.306 e. The fourth-order valence-corrected chi connectivity index (χ4v) is 2.06. The van der Waals surface area contributed by atoms with Gasteiger partial charge in [-0.15, -0.1) is 0 Å². The zero-order valence-electron chi connectivity index (χ0n) is 11.3. The molecule has 1 unspecified atom stereocenters. The third-order valence-electron chi connectivity index (χ3n) is 3.21. The van der Waals surface area contributed by atoms with Gasteiger partial charge in [0.15, 0.2) is 0 Å². The van der Waals surface area contributed by atoms with E-state index < -0.39 is 22.6 Å². The summed E-state index contributed by atoms with van der Waals surface area (Å²) in [4.78, 5) is 10.4. The Morgan fingerprint density at radius 3 is 2.67 bits per heavy atom. The Hall–Kier alpha value is -2.34. The molecule has 1 N–H and O–H groups in total. The molecule has 2 aromatic rings. The highest BCUT2D eigenvalue weighted by atomic mass is 19.1. The first kappa shape index (κ1) is 15.1. The number of benzene rings is 2. The Labute approximate surface area is 120 Å². The minimum Gasteiger partial charge on any atom is -0.306 e. The molecule has 2 rings (SSSR count). The quantitative estimate of drug-likeness (QED) is 0.675. The molecule has 0 aliphatic rings. The van der Waals surface area contributed by atoms with Gasteiger partial charge < -0.3 is 5.32 Å². The van der Waals surface area contributed by atoms with Crippen molar-refractivity contribution >= 4 is 5.69 Å². The first-order valence-corrected chi connectivity index (χ1v) is 6.39. The highest BCUT2D eigenvalue weighted by Crippen LogP contribution is 2.21. The van der Waals surface area contributed by atoms with Crippen molar-refractivity contribution in [3.8, 4) is 0 Å². The van der Waals surface area contributed by atoms with Gasteiger partial charge >= 0.3 is 0 Å². The Morgan fingerprint density at radius 1 is 1.24 bits per heavy atom. The van der Waals surface area contributed by atoms with E-state index in [4.69, 9.17) is 0 Å². The molecule has 0 aromatic heterocycles. The summed E-state index contributed by atoms with van der Waals surface area (Å²) in [5.41, 5.74) is 0.677. The molecule has 0 saturated carbocycles. The van der Waals surface area contributed by atoms with Gasteiger partial charge in [0.1, 0.15) is 11.6 Å². The molecule has 0 aliphatic heterocycles. The van der Waals surface area contributed by atoms with E-state index in [0.29, 0.717) is 5.56 Å². The van der Waals surface area contributed by atoms with Gasteiger partial charge in [0, 0.05) is 29.8 Å². The van der Waals surface area contributed by atoms with Crippen LogP contribution in [0.5, 0.6) is 0 Å². The maximum atomic E-state index is 13.6. The Bertz CT molecular complexity index is 662. The molecule has 4 nitrogen and oxygen atoms in total. The van der Waals surface area contributed by atoms with Gasteiger partial charge in [-0.3, -0.25) is 10.1 Å². The van der Waals surface area contributed by atoms with E-state index in [9.17, 15) is 18.9 Å². The second-order valence-corrected chi connectivity index (χ2v) is 4.65. The van der Waals surface area contributed by atoms with Crippen molar-refractivity contribution in [2.45, 2.75) is 19.5 Å². The van der Waals surface area contributed by atoms with Crippen LogP contribution in [-0.4, -0.2) is 4.92 Å². The lowest BCUT2D eigenvalue weighted by Crippen LogP contribution is -2.20. The summed E-state index contributed by atoms with van der Waals surface area (Å²) in [5.74, 6) is -1.04. The summed E-state index contributed by atoms with van der Waals surface area (Å²) in [6.45, 7) is 1.86. The van der Waals surface area contributed by atoms with Crippen LogP contribution in [0.1, 0.15) is 24.1 Å². The number of rotatable bonds is 5. The van der Waals surface area contributed by atoms with Crippen molar-refractivity contribution in [1.29, 1.82) is 0 Å². The predicted octanol–water partition coefficient (Wildman–Crippen LogP) is 3.72. The standard InChI is InChI=1S/C15H14F2N2O2/c1-10(13-8-12(16)6-7-14(13)17)18-9-11-4-2-3-5-15(11)19(20)21/h2-8,10,18H,9H2,1H3. The van der Waals surface area contributed by atoms with Crippen LogP contribution in [0.4, 0.5) is 14.5 Å². The number of hydrogen-bond acceptors (Lipinski definition) is 3. The van der Waals surface area contributed by atoms with Gasteiger partial charge in [-0.2, -0.15) is 0 Å². The molecule has 2 aromatic carbocycles. The topological polar surface area (TPSA) is 55.2 Å². The minimum atomic E-state index is -0.522. The fourth-order valence-electron chi connectivity index (χ4n) is 2.06. The normalized spacial score (nSPS) is 12.1. The van der Waals surface area contributed by atoms with Crippen molar-refractivity contribution < 1.29 is 13.7 Å². The van der Waals surface area contributed by atoms with E-state index in [1.165, 1.54) is 6.07 Å². The van der Waals surface area contributed by atoms with Crippen LogP contribution in [0.2, 0.25) is 0 Å². The summed E-state index contributed by atoms with van der Waals surface area (Å²) in [5, 5.41) is 13.9. The molecule has 0 aliphatic carbocycles.